The summed E-state index contributed by atoms with van der Waals surface area (Å²) in [6, 6.07) is 4.50. The van der Waals surface area contributed by atoms with Gasteiger partial charge in [0.15, 0.2) is 0 Å². The maximum Gasteiger partial charge on any atom is 0.243 e. The zero-order chi connectivity index (χ0) is 16.0. The van der Waals surface area contributed by atoms with Gasteiger partial charge in [-0.3, -0.25) is 4.79 Å². The number of amides is 1. The summed E-state index contributed by atoms with van der Waals surface area (Å²) in [5.74, 6) is -1.58. The van der Waals surface area contributed by atoms with Crippen molar-refractivity contribution in [2.24, 2.45) is 5.73 Å². The summed E-state index contributed by atoms with van der Waals surface area (Å²) in [6.45, 7) is 1.55. The van der Waals surface area contributed by atoms with Crippen LogP contribution in [0.3, 0.4) is 0 Å². The normalized spacial score (nSPS) is 11.3. The zero-order valence-corrected chi connectivity index (χ0v) is 12.4. The van der Waals surface area contributed by atoms with Gasteiger partial charge in [0.1, 0.15) is 11.9 Å². The Morgan fingerprint density at radius 1 is 1.48 bits per heavy atom. The standard InChI is InChI=1S/C13H16FN3O3S/c1-2-3-6-17(9-13(16)18)21(19,20)11-4-5-12(14)10(7-11)8-15/h4-5,7H,2-3,6,9H2,1H3,(H2,16,18). The molecule has 0 radical (unpaired) electrons. The average molecular weight is 313 g/mol. The van der Waals surface area contributed by atoms with Crippen molar-refractivity contribution in [1.82, 2.24) is 4.31 Å². The zero-order valence-electron chi connectivity index (χ0n) is 11.5. The van der Waals surface area contributed by atoms with Crippen LogP contribution in [0.2, 0.25) is 0 Å². The van der Waals surface area contributed by atoms with E-state index in [4.69, 9.17) is 11.0 Å². The molecule has 2 N–H and O–H groups in total. The summed E-state index contributed by atoms with van der Waals surface area (Å²) in [5.41, 5.74) is 4.69. The maximum atomic E-state index is 13.3. The van der Waals surface area contributed by atoms with Gasteiger partial charge in [-0.05, 0) is 24.6 Å². The van der Waals surface area contributed by atoms with E-state index in [9.17, 15) is 17.6 Å². The molecule has 0 aliphatic heterocycles. The van der Waals surface area contributed by atoms with E-state index in [-0.39, 0.29) is 17.0 Å². The predicted molar refractivity (Wildman–Crippen MR) is 74.0 cm³/mol. The van der Waals surface area contributed by atoms with Crippen molar-refractivity contribution in [2.45, 2.75) is 24.7 Å². The number of nitrogens with zero attached hydrogens (tertiary/aromatic N) is 2. The highest BCUT2D eigenvalue weighted by atomic mass is 32.2. The van der Waals surface area contributed by atoms with E-state index >= 15 is 0 Å². The van der Waals surface area contributed by atoms with Crippen LogP contribution in [-0.4, -0.2) is 31.7 Å². The summed E-state index contributed by atoms with van der Waals surface area (Å²) in [7, 11) is -4.00. The molecule has 0 aliphatic rings. The van der Waals surface area contributed by atoms with Crippen molar-refractivity contribution in [3.8, 4) is 6.07 Å². The number of carbonyl (C=O) groups is 1. The van der Waals surface area contributed by atoms with E-state index < -0.39 is 28.3 Å². The van der Waals surface area contributed by atoms with Gasteiger partial charge in [0.2, 0.25) is 15.9 Å². The molecule has 6 nitrogen and oxygen atoms in total. The fraction of sp³-hybridized carbons (Fsp3) is 0.385. The van der Waals surface area contributed by atoms with Crippen LogP contribution in [0, 0.1) is 17.1 Å². The van der Waals surface area contributed by atoms with Gasteiger partial charge in [0.25, 0.3) is 0 Å². The minimum Gasteiger partial charge on any atom is -0.369 e. The largest absolute Gasteiger partial charge is 0.369 e. The van der Waals surface area contributed by atoms with Crippen molar-refractivity contribution < 1.29 is 17.6 Å². The first-order chi connectivity index (χ1) is 9.82. The van der Waals surface area contributed by atoms with Crippen molar-refractivity contribution in [2.75, 3.05) is 13.1 Å². The second-order valence-corrected chi connectivity index (χ2v) is 6.35. The number of nitrogens with two attached hydrogens (primary N) is 1. The van der Waals surface area contributed by atoms with E-state index in [0.29, 0.717) is 6.42 Å². The van der Waals surface area contributed by atoms with E-state index in [0.717, 1.165) is 28.9 Å². The molecule has 0 bridgehead atoms. The van der Waals surface area contributed by atoms with Crippen LogP contribution < -0.4 is 5.73 Å². The highest BCUT2D eigenvalue weighted by Gasteiger charge is 2.26. The number of nitriles is 1. The fourth-order valence-corrected chi connectivity index (χ4v) is 3.16. The number of carbonyl (C=O) groups excluding carboxylic acids is 1. The predicted octanol–water partition coefficient (Wildman–Crippen LogP) is 0.973. The highest BCUT2D eigenvalue weighted by molar-refractivity contribution is 7.89. The molecule has 0 atom stereocenters. The summed E-state index contributed by atoms with van der Waals surface area (Å²) in [6.07, 6.45) is 1.29. The Kier molecular flexibility index (Phi) is 5.81. The van der Waals surface area contributed by atoms with E-state index in [1.54, 1.807) is 6.07 Å². The molecule has 0 aliphatic carbocycles. The molecule has 0 spiro atoms. The Balaban J connectivity index is 3.21. The summed E-state index contributed by atoms with van der Waals surface area (Å²) in [5, 5.41) is 8.76. The molecule has 0 saturated carbocycles. The Hall–Kier alpha value is -1.98. The first kappa shape index (κ1) is 17.1. The lowest BCUT2D eigenvalue weighted by Crippen LogP contribution is -2.39. The topological polar surface area (TPSA) is 104 Å². The molecule has 21 heavy (non-hydrogen) atoms. The molecule has 0 aromatic heterocycles. The lowest BCUT2D eigenvalue weighted by atomic mass is 10.2. The summed E-state index contributed by atoms with van der Waals surface area (Å²) < 4.78 is 39.1. The van der Waals surface area contributed by atoms with Gasteiger partial charge in [-0.25, -0.2) is 12.8 Å². The highest BCUT2D eigenvalue weighted by Crippen LogP contribution is 2.19. The molecule has 114 valence electrons. The Labute approximate surface area is 123 Å². The number of benzene rings is 1. The third-order valence-corrected chi connectivity index (χ3v) is 4.63. The smallest absolute Gasteiger partial charge is 0.243 e. The average Bonchev–Trinajstić information content (AvgIpc) is 2.43. The molecule has 1 rings (SSSR count). The fourth-order valence-electron chi connectivity index (χ4n) is 1.69. The molecule has 1 aromatic carbocycles. The van der Waals surface area contributed by atoms with Crippen LogP contribution in [0.5, 0.6) is 0 Å². The second kappa shape index (κ2) is 7.15. The van der Waals surface area contributed by atoms with Crippen LogP contribution in [0.4, 0.5) is 4.39 Å². The number of primary amides is 1. The lowest BCUT2D eigenvalue weighted by molar-refractivity contribution is -0.118. The van der Waals surface area contributed by atoms with Crippen molar-refractivity contribution >= 4 is 15.9 Å². The van der Waals surface area contributed by atoms with Crippen molar-refractivity contribution in [3.63, 3.8) is 0 Å². The minimum atomic E-state index is -4.00. The maximum absolute atomic E-state index is 13.3. The van der Waals surface area contributed by atoms with Gasteiger partial charge >= 0.3 is 0 Å². The molecule has 1 amide bonds. The third-order valence-electron chi connectivity index (χ3n) is 2.79. The number of rotatable bonds is 7. The monoisotopic (exact) mass is 313 g/mol. The first-order valence-corrected chi connectivity index (χ1v) is 7.75. The van der Waals surface area contributed by atoms with Gasteiger partial charge < -0.3 is 5.73 Å². The lowest BCUT2D eigenvalue weighted by Gasteiger charge is -2.20. The second-order valence-electron chi connectivity index (χ2n) is 4.41. The van der Waals surface area contributed by atoms with Crippen molar-refractivity contribution in [3.05, 3.63) is 29.6 Å². The van der Waals surface area contributed by atoms with E-state index in [1.165, 1.54) is 0 Å². The quantitative estimate of drug-likeness (QED) is 0.810. The number of halogens is 1. The summed E-state index contributed by atoms with van der Waals surface area (Å²) in [4.78, 5) is 10.8. The molecule has 0 saturated heterocycles. The summed E-state index contributed by atoms with van der Waals surface area (Å²) >= 11 is 0. The van der Waals surface area contributed by atoms with Gasteiger partial charge in [0, 0.05) is 6.54 Å². The first-order valence-electron chi connectivity index (χ1n) is 6.31. The van der Waals surface area contributed by atoms with Gasteiger partial charge in [-0.15, -0.1) is 0 Å². The van der Waals surface area contributed by atoms with E-state index in [2.05, 4.69) is 0 Å². The molecule has 1 aromatic rings. The van der Waals surface area contributed by atoms with Crippen molar-refractivity contribution in [1.29, 1.82) is 5.26 Å². The third kappa shape index (κ3) is 4.24. The SMILES string of the molecule is CCCCN(CC(N)=O)S(=O)(=O)c1ccc(F)c(C#N)c1. The number of sulfonamides is 1. The van der Waals surface area contributed by atoms with Crippen LogP contribution in [-0.2, 0) is 14.8 Å². The number of unbranched alkanes of at least 4 members (excludes halogenated alkanes) is 1. The van der Waals surface area contributed by atoms with Crippen LogP contribution in [0.15, 0.2) is 23.1 Å². The molecule has 0 heterocycles. The van der Waals surface area contributed by atoms with Gasteiger partial charge in [0.05, 0.1) is 17.0 Å². The number of hydrogen-bond donors (Lipinski definition) is 1. The Morgan fingerprint density at radius 3 is 2.67 bits per heavy atom. The van der Waals surface area contributed by atoms with Crippen LogP contribution >= 0.6 is 0 Å². The minimum absolute atomic E-state index is 0.126. The molecular weight excluding hydrogens is 297 g/mol. The molecule has 8 heteroatoms. The Morgan fingerprint density at radius 2 is 2.14 bits per heavy atom. The van der Waals surface area contributed by atoms with E-state index in [1.807, 2.05) is 6.92 Å². The van der Waals surface area contributed by atoms with Crippen LogP contribution in [0.25, 0.3) is 0 Å². The van der Waals surface area contributed by atoms with Gasteiger partial charge in [-0.2, -0.15) is 9.57 Å². The van der Waals surface area contributed by atoms with Gasteiger partial charge in [-0.1, -0.05) is 13.3 Å². The molecular formula is C13H16FN3O3S. The Bertz CT molecular complexity index is 668. The molecule has 0 fully saturated rings. The van der Waals surface area contributed by atoms with Crippen LogP contribution in [0.1, 0.15) is 25.3 Å². The molecule has 0 unspecified atom stereocenters. The number of hydrogen-bond acceptors (Lipinski definition) is 4.